The molecule has 0 spiro atoms. The Hall–Kier alpha value is -2.04. The number of hydrogen-bond donors (Lipinski definition) is 0. The first-order valence-corrected chi connectivity index (χ1v) is 12.9. The van der Waals surface area contributed by atoms with Crippen LogP contribution in [0.3, 0.4) is 0 Å². The Morgan fingerprint density at radius 2 is 1.21 bits per heavy atom. The summed E-state index contributed by atoms with van der Waals surface area (Å²) in [5, 5.41) is 0. The summed E-state index contributed by atoms with van der Waals surface area (Å²) in [6, 6.07) is 14.6. The van der Waals surface area contributed by atoms with E-state index in [1.54, 1.807) is 6.07 Å². The fourth-order valence-electron chi connectivity index (χ4n) is 6.26. The number of hydrogen-bond acceptors (Lipinski definition) is 4. The SMILES string of the molecule is CCCC1CCC(C2CCC(c3ccc(-c4cc(OOC)cc(OOC)c4)cc3)CC2)CC1. The first-order valence-electron chi connectivity index (χ1n) is 12.9. The minimum atomic E-state index is 0.577. The first kappa shape index (κ1) is 24.1. The molecular formula is C29H40O4. The summed E-state index contributed by atoms with van der Waals surface area (Å²) in [6.07, 6.45) is 14.2. The van der Waals surface area contributed by atoms with Gasteiger partial charge in [-0.1, -0.05) is 56.9 Å². The van der Waals surface area contributed by atoms with Crippen molar-refractivity contribution in [3.05, 3.63) is 48.0 Å². The summed E-state index contributed by atoms with van der Waals surface area (Å²) in [5.74, 6) is 4.82. The van der Waals surface area contributed by atoms with E-state index in [0.717, 1.165) is 28.9 Å². The largest absolute Gasteiger partial charge is 0.338 e. The van der Waals surface area contributed by atoms with Crippen LogP contribution >= 0.6 is 0 Å². The molecule has 0 saturated heterocycles. The molecule has 2 aliphatic rings. The second-order valence-corrected chi connectivity index (χ2v) is 10.00. The van der Waals surface area contributed by atoms with Crippen molar-refractivity contribution in [2.24, 2.45) is 17.8 Å². The average molecular weight is 453 g/mol. The van der Waals surface area contributed by atoms with Crippen LogP contribution in [-0.2, 0) is 9.78 Å². The maximum absolute atomic E-state index is 5.22. The Labute approximate surface area is 199 Å². The molecule has 4 heteroatoms. The Kier molecular flexibility index (Phi) is 8.69. The zero-order chi connectivity index (χ0) is 23.0. The molecule has 0 heterocycles. The van der Waals surface area contributed by atoms with E-state index in [1.807, 2.05) is 12.1 Å². The monoisotopic (exact) mass is 452 g/mol. The third-order valence-corrected chi connectivity index (χ3v) is 7.98. The number of rotatable bonds is 9. The highest BCUT2D eigenvalue weighted by Crippen LogP contribution is 2.44. The Bertz CT molecular complexity index is 822. The van der Waals surface area contributed by atoms with Crippen molar-refractivity contribution >= 4 is 0 Å². The van der Waals surface area contributed by atoms with E-state index in [9.17, 15) is 0 Å². The summed E-state index contributed by atoms with van der Waals surface area (Å²) >= 11 is 0. The van der Waals surface area contributed by atoms with Gasteiger partial charge in [0.1, 0.15) is 0 Å². The molecule has 0 unspecified atom stereocenters. The van der Waals surface area contributed by atoms with Gasteiger partial charge in [-0.25, -0.2) is 0 Å². The molecule has 0 radical (unpaired) electrons. The maximum atomic E-state index is 5.22. The van der Waals surface area contributed by atoms with Gasteiger partial charge in [0, 0.05) is 6.07 Å². The van der Waals surface area contributed by atoms with Crippen molar-refractivity contribution in [3.63, 3.8) is 0 Å². The minimum absolute atomic E-state index is 0.577. The maximum Gasteiger partial charge on any atom is 0.169 e. The van der Waals surface area contributed by atoms with E-state index >= 15 is 0 Å². The van der Waals surface area contributed by atoms with Crippen molar-refractivity contribution in [2.75, 3.05) is 14.2 Å². The van der Waals surface area contributed by atoms with E-state index in [0.29, 0.717) is 17.4 Å². The summed E-state index contributed by atoms with van der Waals surface area (Å²) in [6.45, 7) is 2.33. The van der Waals surface area contributed by atoms with E-state index in [2.05, 4.69) is 31.2 Å². The van der Waals surface area contributed by atoms with E-state index in [-0.39, 0.29) is 0 Å². The quantitative estimate of drug-likeness (QED) is 0.284. The van der Waals surface area contributed by atoms with Crippen molar-refractivity contribution in [2.45, 2.75) is 77.0 Å². The highest BCUT2D eigenvalue weighted by atomic mass is 17.2. The highest BCUT2D eigenvalue weighted by Gasteiger charge is 2.31. The molecular weight excluding hydrogens is 412 g/mol. The van der Waals surface area contributed by atoms with Gasteiger partial charge < -0.3 is 9.78 Å². The van der Waals surface area contributed by atoms with Crippen LogP contribution in [0.25, 0.3) is 11.1 Å². The van der Waals surface area contributed by atoms with Crippen molar-refractivity contribution in [1.82, 2.24) is 0 Å². The first-order chi connectivity index (χ1) is 16.2. The zero-order valence-corrected chi connectivity index (χ0v) is 20.6. The molecule has 4 nitrogen and oxygen atoms in total. The van der Waals surface area contributed by atoms with Crippen molar-refractivity contribution in [1.29, 1.82) is 0 Å². The summed E-state index contributed by atoms with van der Waals surface area (Å²) in [7, 11) is 2.98. The van der Waals surface area contributed by atoms with Gasteiger partial charge in [0.05, 0.1) is 14.2 Å². The smallest absolute Gasteiger partial charge is 0.169 e. The normalized spacial score (nSPS) is 25.5. The molecule has 0 atom stereocenters. The molecule has 0 aliphatic heterocycles. The molecule has 2 saturated carbocycles. The van der Waals surface area contributed by atoms with Gasteiger partial charge in [-0.2, -0.15) is 9.78 Å². The van der Waals surface area contributed by atoms with Crippen LogP contribution in [0.1, 0.15) is 82.6 Å². The van der Waals surface area contributed by atoms with Crippen LogP contribution in [0.2, 0.25) is 0 Å². The zero-order valence-electron chi connectivity index (χ0n) is 20.6. The van der Waals surface area contributed by atoms with Crippen LogP contribution in [0.5, 0.6) is 11.5 Å². The van der Waals surface area contributed by atoms with Crippen molar-refractivity contribution in [3.8, 4) is 22.6 Å². The molecule has 2 aromatic rings. The molecule has 0 N–H and O–H groups in total. The Morgan fingerprint density at radius 3 is 1.73 bits per heavy atom. The van der Waals surface area contributed by atoms with Gasteiger partial charge in [-0.05, 0) is 91.0 Å². The van der Waals surface area contributed by atoms with Gasteiger partial charge in [-0.3, -0.25) is 0 Å². The molecule has 0 bridgehead atoms. The lowest BCUT2D eigenvalue weighted by Crippen LogP contribution is -2.25. The van der Waals surface area contributed by atoms with Crippen LogP contribution in [0, 0.1) is 17.8 Å². The Balaban J connectivity index is 1.35. The van der Waals surface area contributed by atoms with Crippen LogP contribution in [-0.4, -0.2) is 14.2 Å². The van der Waals surface area contributed by atoms with Crippen molar-refractivity contribution < 1.29 is 19.6 Å². The fourth-order valence-corrected chi connectivity index (χ4v) is 6.26. The van der Waals surface area contributed by atoms with Gasteiger partial charge in [0.15, 0.2) is 11.5 Å². The lowest BCUT2D eigenvalue weighted by atomic mass is 9.68. The lowest BCUT2D eigenvalue weighted by molar-refractivity contribution is -0.184. The standard InChI is InChI=1S/C29H40O4/c1-4-5-21-6-8-22(9-7-21)23-10-12-24(13-11-23)25-14-16-26(17-15-25)27-18-28(32-30-2)20-29(19-27)33-31-3/h14-24H,4-13H2,1-3H3. The van der Waals surface area contributed by atoms with E-state index in [1.165, 1.54) is 84.0 Å². The highest BCUT2D eigenvalue weighted by molar-refractivity contribution is 5.67. The summed E-state index contributed by atoms with van der Waals surface area (Å²) in [5.41, 5.74) is 3.60. The van der Waals surface area contributed by atoms with E-state index in [4.69, 9.17) is 19.6 Å². The van der Waals surface area contributed by atoms with E-state index < -0.39 is 0 Å². The summed E-state index contributed by atoms with van der Waals surface area (Å²) in [4.78, 5) is 20.1. The Morgan fingerprint density at radius 1 is 0.667 bits per heavy atom. The summed E-state index contributed by atoms with van der Waals surface area (Å²) < 4.78 is 0. The lowest BCUT2D eigenvalue weighted by Gasteiger charge is -2.38. The molecule has 33 heavy (non-hydrogen) atoms. The van der Waals surface area contributed by atoms with Gasteiger partial charge in [-0.15, -0.1) is 0 Å². The molecule has 0 amide bonds. The van der Waals surface area contributed by atoms with Crippen LogP contribution < -0.4 is 9.78 Å². The number of benzene rings is 2. The molecule has 4 rings (SSSR count). The van der Waals surface area contributed by atoms with Gasteiger partial charge in [0.2, 0.25) is 0 Å². The third kappa shape index (κ3) is 6.30. The van der Waals surface area contributed by atoms with Crippen LogP contribution in [0.15, 0.2) is 42.5 Å². The predicted octanol–water partition coefficient (Wildman–Crippen LogP) is 8.11. The third-order valence-electron chi connectivity index (χ3n) is 7.98. The molecule has 0 aromatic heterocycles. The molecule has 2 aliphatic carbocycles. The predicted molar refractivity (Wildman–Crippen MR) is 132 cm³/mol. The fraction of sp³-hybridized carbons (Fsp3) is 0.586. The second-order valence-electron chi connectivity index (χ2n) is 10.00. The minimum Gasteiger partial charge on any atom is -0.338 e. The van der Waals surface area contributed by atoms with Crippen LogP contribution in [0.4, 0.5) is 0 Å². The topological polar surface area (TPSA) is 36.9 Å². The second kappa shape index (κ2) is 11.9. The van der Waals surface area contributed by atoms with Gasteiger partial charge >= 0.3 is 0 Å². The molecule has 2 aromatic carbocycles. The van der Waals surface area contributed by atoms with Gasteiger partial charge in [0.25, 0.3) is 0 Å². The average Bonchev–Trinajstić information content (AvgIpc) is 2.85. The molecule has 2 fully saturated rings. The molecule has 180 valence electrons.